The lowest BCUT2D eigenvalue weighted by atomic mass is 10.0. The zero-order valence-corrected chi connectivity index (χ0v) is 11.2. The molecule has 3 unspecified atom stereocenters. The van der Waals surface area contributed by atoms with Crippen molar-refractivity contribution >= 4 is 0 Å². The van der Waals surface area contributed by atoms with Crippen LogP contribution in [0, 0.1) is 5.82 Å². The third kappa shape index (κ3) is 2.82. The second kappa shape index (κ2) is 5.59. The van der Waals surface area contributed by atoms with Gasteiger partial charge < -0.3 is 10.4 Å². The molecule has 1 fully saturated rings. The van der Waals surface area contributed by atoms with Gasteiger partial charge in [0.2, 0.25) is 0 Å². The van der Waals surface area contributed by atoms with Gasteiger partial charge in [0.15, 0.2) is 0 Å². The molecule has 3 atom stereocenters. The summed E-state index contributed by atoms with van der Waals surface area (Å²) in [6.45, 7) is 0. The van der Waals surface area contributed by atoms with Gasteiger partial charge in [0, 0.05) is 12.1 Å². The summed E-state index contributed by atoms with van der Waals surface area (Å²) in [5.41, 5.74) is 2.35. The van der Waals surface area contributed by atoms with Gasteiger partial charge in [0.1, 0.15) is 5.82 Å². The number of fused-ring (bicyclic) bond motifs is 1. The zero-order chi connectivity index (χ0) is 13.2. The molecule has 2 aliphatic carbocycles. The standard InChI is InChI=1S/C16H22FNO/c17-12-7-8-13-11(10-12)6-9-14(13)18-15-4-2-1-3-5-16(15)19/h7-8,10,14-16,18-19H,1-6,9H2. The van der Waals surface area contributed by atoms with Gasteiger partial charge in [-0.1, -0.05) is 25.3 Å². The second-order valence-corrected chi connectivity index (χ2v) is 5.91. The molecule has 104 valence electrons. The smallest absolute Gasteiger partial charge is 0.123 e. The molecule has 19 heavy (non-hydrogen) atoms. The van der Waals surface area contributed by atoms with Gasteiger partial charge in [-0.05, 0) is 48.9 Å². The summed E-state index contributed by atoms with van der Waals surface area (Å²) in [7, 11) is 0. The van der Waals surface area contributed by atoms with E-state index in [4.69, 9.17) is 0 Å². The highest BCUT2D eigenvalue weighted by Crippen LogP contribution is 2.33. The summed E-state index contributed by atoms with van der Waals surface area (Å²) in [6, 6.07) is 5.58. The summed E-state index contributed by atoms with van der Waals surface area (Å²) in [6.07, 6.45) is 7.22. The molecule has 2 N–H and O–H groups in total. The number of aryl methyl sites for hydroxylation is 1. The first kappa shape index (κ1) is 13.1. The molecule has 0 spiro atoms. The number of nitrogens with one attached hydrogen (secondary N) is 1. The van der Waals surface area contributed by atoms with Crippen LogP contribution < -0.4 is 5.32 Å². The molecule has 0 heterocycles. The summed E-state index contributed by atoms with van der Waals surface area (Å²) < 4.78 is 13.2. The molecule has 1 saturated carbocycles. The molecule has 0 amide bonds. The fourth-order valence-electron chi connectivity index (χ4n) is 3.50. The maximum Gasteiger partial charge on any atom is 0.123 e. The number of hydrogen-bond acceptors (Lipinski definition) is 2. The first-order valence-electron chi connectivity index (χ1n) is 7.46. The van der Waals surface area contributed by atoms with E-state index < -0.39 is 0 Å². The normalized spacial score (nSPS) is 30.9. The first-order chi connectivity index (χ1) is 9.24. The Morgan fingerprint density at radius 1 is 1.11 bits per heavy atom. The van der Waals surface area contributed by atoms with E-state index in [1.807, 2.05) is 6.07 Å². The van der Waals surface area contributed by atoms with Crippen molar-refractivity contribution in [1.29, 1.82) is 0 Å². The molecule has 3 heteroatoms. The summed E-state index contributed by atoms with van der Waals surface area (Å²) >= 11 is 0. The van der Waals surface area contributed by atoms with Gasteiger partial charge in [-0.25, -0.2) is 4.39 Å². The van der Waals surface area contributed by atoms with Crippen LogP contribution in [0.4, 0.5) is 4.39 Å². The Morgan fingerprint density at radius 3 is 2.84 bits per heavy atom. The number of aliphatic hydroxyl groups is 1. The Labute approximate surface area is 114 Å². The topological polar surface area (TPSA) is 32.3 Å². The van der Waals surface area contributed by atoms with Crippen LogP contribution >= 0.6 is 0 Å². The molecule has 1 aromatic rings. The number of halogens is 1. The lowest BCUT2D eigenvalue weighted by Crippen LogP contribution is -2.40. The molecule has 0 aromatic heterocycles. The Hall–Kier alpha value is -0.930. The molecule has 1 aromatic carbocycles. The van der Waals surface area contributed by atoms with E-state index in [-0.39, 0.29) is 24.0 Å². The van der Waals surface area contributed by atoms with Crippen LogP contribution in [0.2, 0.25) is 0 Å². The van der Waals surface area contributed by atoms with Crippen LogP contribution in [0.3, 0.4) is 0 Å². The highest BCUT2D eigenvalue weighted by molar-refractivity contribution is 5.35. The third-order valence-electron chi connectivity index (χ3n) is 4.58. The van der Waals surface area contributed by atoms with E-state index in [1.54, 1.807) is 12.1 Å². The Kier molecular flexibility index (Phi) is 3.85. The molecule has 0 aliphatic heterocycles. The van der Waals surface area contributed by atoms with Crippen LogP contribution in [0.15, 0.2) is 18.2 Å². The second-order valence-electron chi connectivity index (χ2n) is 5.91. The van der Waals surface area contributed by atoms with Crippen molar-refractivity contribution in [2.24, 2.45) is 0 Å². The average molecular weight is 263 g/mol. The Morgan fingerprint density at radius 2 is 1.95 bits per heavy atom. The minimum absolute atomic E-state index is 0.145. The van der Waals surface area contributed by atoms with Crippen molar-refractivity contribution in [3.05, 3.63) is 35.1 Å². The van der Waals surface area contributed by atoms with Crippen molar-refractivity contribution in [1.82, 2.24) is 5.32 Å². The number of hydrogen-bond donors (Lipinski definition) is 2. The van der Waals surface area contributed by atoms with Crippen molar-refractivity contribution in [2.75, 3.05) is 0 Å². The van der Waals surface area contributed by atoms with Gasteiger partial charge in [-0.2, -0.15) is 0 Å². The first-order valence-corrected chi connectivity index (χ1v) is 7.46. The number of benzene rings is 1. The predicted octanol–water partition coefficient (Wildman–Crippen LogP) is 3.10. The third-order valence-corrected chi connectivity index (χ3v) is 4.58. The minimum Gasteiger partial charge on any atom is -0.392 e. The quantitative estimate of drug-likeness (QED) is 0.804. The lowest BCUT2D eigenvalue weighted by Gasteiger charge is -2.26. The Bertz CT molecular complexity index is 448. The van der Waals surface area contributed by atoms with Crippen molar-refractivity contribution in [3.8, 4) is 0 Å². The molecule has 3 rings (SSSR count). The van der Waals surface area contributed by atoms with E-state index in [2.05, 4.69) is 5.32 Å². The fraction of sp³-hybridized carbons (Fsp3) is 0.625. The number of aliphatic hydroxyl groups excluding tert-OH is 1. The van der Waals surface area contributed by atoms with Gasteiger partial charge in [-0.3, -0.25) is 0 Å². The molecule has 2 aliphatic rings. The van der Waals surface area contributed by atoms with Crippen molar-refractivity contribution < 1.29 is 9.50 Å². The minimum atomic E-state index is -0.230. The van der Waals surface area contributed by atoms with Crippen molar-refractivity contribution in [3.63, 3.8) is 0 Å². The van der Waals surface area contributed by atoms with Gasteiger partial charge >= 0.3 is 0 Å². The highest BCUT2D eigenvalue weighted by atomic mass is 19.1. The molecular weight excluding hydrogens is 241 g/mol. The Balaban J connectivity index is 1.71. The zero-order valence-electron chi connectivity index (χ0n) is 11.2. The van der Waals surface area contributed by atoms with Crippen LogP contribution in [0.1, 0.15) is 55.7 Å². The SMILES string of the molecule is OC1CCCCCC1NC1CCc2cc(F)ccc21. The van der Waals surface area contributed by atoms with Crippen LogP contribution in [-0.4, -0.2) is 17.3 Å². The predicted molar refractivity (Wildman–Crippen MR) is 73.5 cm³/mol. The maximum atomic E-state index is 13.2. The van der Waals surface area contributed by atoms with E-state index in [1.165, 1.54) is 18.4 Å². The molecular formula is C16H22FNO. The molecule has 0 radical (unpaired) electrons. The monoisotopic (exact) mass is 263 g/mol. The number of rotatable bonds is 2. The van der Waals surface area contributed by atoms with E-state index in [9.17, 15) is 9.50 Å². The molecule has 2 nitrogen and oxygen atoms in total. The summed E-state index contributed by atoms with van der Waals surface area (Å²) in [5, 5.41) is 13.8. The van der Waals surface area contributed by atoms with Crippen LogP contribution in [-0.2, 0) is 6.42 Å². The van der Waals surface area contributed by atoms with E-state index in [0.717, 1.165) is 37.7 Å². The average Bonchev–Trinajstić information content (AvgIpc) is 2.67. The fourth-order valence-corrected chi connectivity index (χ4v) is 3.50. The maximum absolute atomic E-state index is 13.2. The van der Waals surface area contributed by atoms with E-state index >= 15 is 0 Å². The van der Waals surface area contributed by atoms with Gasteiger partial charge in [0.05, 0.1) is 6.10 Å². The van der Waals surface area contributed by atoms with Crippen molar-refractivity contribution in [2.45, 2.75) is 63.1 Å². The summed E-state index contributed by atoms with van der Waals surface area (Å²) in [5.74, 6) is -0.145. The summed E-state index contributed by atoms with van der Waals surface area (Å²) in [4.78, 5) is 0. The largest absolute Gasteiger partial charge is 0.392 e. The van der Waals surface area contributed by atoms with Gasteiger partial charge in [-0.15, -0.1) is 0 Å². The molecule has 0 saturated heterocycles. The highest BCUT2D eigenvalue weighted by Gasteiger charge is 2.28. The lowest BCUT2D eigenvalue weighted by molar-refractivity contribution is 0.113. The van der Waals surface area contributed by atoms with E-state index in [0.29, 0.717) is 0 Å². The van der Waals surface area contributed by atoms with Gasteiger partial charge in [0.25, 0.3) is 0 Å². The van der Waals surface area contributed by atoms with Crippen LogP contribution in [0.25, 0.3) is 0 Å². The molecule has 0 bridgehead atoms. The van der Waals surface area contributed by atoms with Crippen LogP contribution in [0.5, 0.6) is 0 Å².